The number of nitro benzene ring substituents is 1. The van der Waals surface area contributed by atoms with Crippen LogP contribution < -0.4 is 4.72 Å². The van der Waals surface area contributed by atoms with Crippen molar-refractivity contribution in [2.24, 2.45) is 11.8 Å². The SMILES string of the molecule is CCC(C)C(NS(=O)(=O)c1ccc(Cl)c([N+](=O)[O-])c1)C(=O)N1CCN(C(=O)C2CCCCC2)CC1. The largest absolute Gasteiger partial charge is 0.339 e. The number of amides is 2. The number of benzene rings is 1. The fourth-order valence-electron chi connectivity index (χ4n) is 4.63. The topological polar surface area (TPSA) is 130 Å². The standard InChI is InChI=1S/C23H33ClN4O6S/c1-3-16(2)21(25-35(33,34)18-9-10-19(24)20(15-18)28(31)32)23(30)27-13-11-26(12-14-27)22(29)17-7-5-4-6-8-17/h9-10,15-17,21,25H,3-8,11-14H2,1-2H3. The molecule has 10 nitrogen and oxygen atoms in total. The zero-order valence-corrected chi connectivity index (χ0v) is 21.7. The highest BCUT2D eigenvalue weighted by Gasteiger charge is 2.36. The molecule has 1 heterocycles. The van der Waals surface area contributed by atoms with Crippen molar-refractivity contribution in [1.29, 1.82) is 0 Å². The number of nitrogens with zero attached hydrogens (tertiary/aromatic N) is 3. The molecule has 194 valence electrons. The molecule has 1 saturated carbocycles. The molecule has 1 saturated heterocycles. The van der Waals surface area contributed by atoms with Crippen LogP contribution >= 0.6 is 11.6 Å². The molecule has 0 aromatic heterocycles. The Balaban J connectivity index is 1.70. The van der Waals surface area contributed by atoms with Gasteiger partial charge in [0.25, 0.3) is 5.69 Å². The fraction of sp³-hybridized carbons (Fsp3) is 0.652. The Morgan fingerprint density at radius 2 is 1.74 bits per heavy atom. The zero-order chi connectivity index (χ0) is 25.8. The van der Waals surface area contributed by atoms with Gasteiger partial charge in [0.2, 0.25) is 21.8 Å². The van der Waals surface area contributed by atoms with Crippen LogP contribution in [-0.2, 0) is 19.6 Å². The number of piperazine rings is 1. The molecule has 0 bridgehead atoms. The maximum Gasteiger partial charge on any atom is 0.289 e. The van der Waals surface area contributed by atoms with Gasteiger partial charge in [0.15, 0.2) is 0 Å². The molecule has 2 amide bonds. The van der Waals surface area contributed by atoms with Crippen LogP contribution in [0, 0.1) is 22.0 Å². The van der Waals surface area contributed by atoms with Gasteiger partial charge < -0.3 is 9.80 Å². The van der Waals surface area contributed by atoms with Crippen molar-refractivity contribution >= 4 is 39.1 Å². The summed E-state index contributed by atoms with van der Waals surface area (Å²) in [5.41, 5.74) is -0.528. The van der Waals surface area contributed by atoms with Crippen molar-refractivity contribution in [3.8, 4) is 0 Å². The lowest BCUT2D eigenvalue weighted by Gasteiger charge is -2.39. The van der Waals surface area contributed by atoms with E-state index >= 15 is 0 Å². The molecule has 2 atom stereocenters. The van der Waals surface area contributed by atoms with Gasteiger partial charge in [-0.05, 0) is 30.9 Å². The Kier molecular flexibility index (Phi) is 9.11. The van der Waals surface area contributed by atoms with Crippen LogP contribution in [0.2, 0.25) is 5.02 Å². The van der Waals surface area contributed by atoms with Gasteiger partial charge in [-0.1, -0.05) is 51.1 Å². The van der Waals surface area contributed by atoms with Crippen LogP contribution in [0.4, 0.5) is 5.69 Å². The second-order valence-electron chi connectivity index (χ2n) is 9.34. The normalized spacial score (nSPS) is 19.3. The maximum atomic E-state index is 13.4. The summed E-state index contributed by atoms with van der Waals surface area (Å²) in [5.74, 6) is -0.466. The molecule has 35 heavy (non-hydrogen) atoms. The first-order chi connectivity index (χ1) is 16.5. The second kappa shape index (κ2) is 11.7. The molecule has 3 rings (SSSR count). The quantitative estimate of drug-likeness (QED) is 0.407. The number of hydrogen-bond donors (Lipinski definition) is 1. The van der Waals surface area contributed by atoms with Gasteiger partial charge >= 0.3 is 0 Å². The van der Waals surface area contributed by atoms with E-state index in [9.17, 15) is 28.1 Å². The van der Waals surface area contributed by atoms with Crippen molar-refractivity contribution < 1.29 is 22.9 Å². The van der Waals surface area contributed by atoms with Crippen LogP contribution in [0.25, 0.3) is 0 Å². The molecular weight excluding hydrogens is 496 g/mol. The van der Waals surface area contributed by atoms with Crippen LogP contribution in [0.3, 0.4) is 0 Å². The number of carbonyl (C=O) groups excluding carboxylic acids is 2. The van der Waals surface area contributed by atoms with Gasteiger partial charge in [0.05, 0.1) is 9.82 Å². The lowest BCUT2D eigenvalue weighted by atomic mass is 9.88. The lowest BCUT2D eigenvalue weighted by molar-refractivity contribution is -0.384. The molecular formula is C23H33ClN4O6S. The van der Waals surface area contributed by atoms with Gasteiger partial charge in [-0.15, -0.1) is 0 Å². The van der Waals surface area contributed by atoms with E-state index in [4.69, 9.17) is 11.6 Å². The van der Waals surface area contributed by atoms with E-state index in [1.807, 2.05) is 11.8 Å². The van der Waals surface area contributed by atoms with E-state index in [0.717, 1.165) is 37.8 Å². The number of nitro groups is 1. The molecule has 1 aliphatic carbocycles. The molecule has 0 radical (unpaired) electrons. The monoisotopic (exact) mass is 528 g/mol. The average molecular weight is 529 g/mol. The second-order valence-corrected chi connectivity index (χ2v) is 11.5. The van der Waals surface area contributed by atoms with Gasteiger partial charge in [-0.3, -0.25) is 19.7 Å². The number of rotatable bonds is 8. The fourth-order valence-corrected chi connectivity index (χ4v) is 6.14. The van der Waals surface area contributed by atoms with Gasteiger partial charge in [-0.25, -0.2) is 8.42 Å². The van der Waals surface area contributed by atoms with Gasteiger partial charge in [0, 0.05) is 38.2 Å². The Bertz CT molecular complexity index is 1050. The van der Waals surface area contributed by atoms with Gasteiger partial charge in [0.1, 0.15) is 11.1 Å². The highest BCUT2D eigenvalue weighted by Crippen LogP contribution is 2.28. The average Bonchev–Trinajstić information content (AvgIpc) is 2.86. The molecule has 2 unspecified atom stereocenters. The molecule has 1 aliphatic heterocycles. The predicted molar refractivity (Wildman–Crippen MR) is 131 cm³/mol. The number of halogens is 1. The van der Waals surface area contributed by atoms with Crippen LogP contribution in [0.5, 0.6) is 0 Å². The first-order valence-electron chi connectivity index (χ1n) is 12.1. The first-order valence-corrected chi connectivity index (χ1v) is 13.9. The van der Waals surface area contributed by atoms with Crippen molar-refractivity contribution in [2.75, 3.05) is 26.2 Å². The molecule has 1 aromatic rings. The van der Waals surface area contributed by atoms with E-state index in [-0.39, 0.29) is 33.6 Å². The molecule has 1 N–H and O–H groups in total. The summed E-state index contributed by atoms with van der Waals surface area (Å²) in [6.45, 7) is 5.14. The van der Waals surface area contributed by atoms with E-state index < -0.39 is 26.7 Å². The van der Waals surface area contributed by atoms with E-state index in [1.54, 1.807) is 11.8 Å². The highest BCUT2D eigenvalue weighted by molar-refractivity contribution is 7.89. The van der Waals surface area contributed by atoms with Crippen molar-refractivity contribution in [1.82, 2.24) is 14.5 Å². The minimum absolute atomic E-state index is 0.0640. The third-order valence-electron chi connectivity index (χ3n) is 7.04. The molecule has 12 heteroatoms. The molecule has 2 aliphatic rings. The Morgan fingerprint density at radius 1 is 1.14 bits per heavy atom. The molecule has 0 spiro atoms. The minimum Gasteiger partial charge on any atom is -0.339 e. The summed E-state index contributed by atoms with van der Waals surface area (Å²) in [6.07, 6.45) is 5.68. The van der Waals surface area contributed by atoms with E-state index in [1.165, 1.54) is 12.5 Å². The lowest BCUT2D eigenvalue weighted by Crippen LogP contribution is -2.57. The zero-order valence-electron chi connectivity index (χ0n) is 20.1. The van der Waals surface area contributed by atoms with E-state index in [2.05, 4.69) is 4.72 Å². The molecule has 1 aromatic carbocycles. The number of nitrogens with one attached hydrogen (secondary N) is 1. The summed E-state index contributed by atoms with van der Waals surface area (Å²) in [4.78, 5) is 39.7. The Morgan fingerprint density at radius 3 is 2.31 bits per heavy atom. The molecule has 2 fully saturated rings. The van der Waals surface area contributed by atoms with Gasteiger partial charge in [-0.2, -0.15) is 4.72 Å². The summed E-state index contributed by atoms with van der Waals surface area (Å²) in [6, 6.07) is 2.17. The Labute approximate surface area is 211 Å². The summed E-state index contributed by atoms with van der Waals surface area (Å²) in [7, 11) is -4.23. The predicted octanol–water partition coefficient (Wildman–Crippen LogP) is 3.19. The van der Waals surface area contributed by atoms with Crippen molar-refractivity contribution in [2.45, 2.75) is 63.3 Å². The highest BCUT2D eigenvalue weighted by atomic mass is 35.5. The summed E-state index contributed by atoms with van der Waals surface area (Å²) >= 11 is 5.81. The number of hydrogen-bond acceptors (Lipinski definition) is 6. The van der Waals surface area contributed by atoms with Crippen molar-refractivity contribution in [3.05, 3.63) is 33.3 Å². The smallest absolute Gasteiger partial charge is 0.289 e. The maximum absolute atomic E-state index is 13.4. The van der Waals surface area contributed by atoms with Crippen LogP contribution in [0.15, 0.2) is 23.1 Å². The van der Waals surface area contributed by atoms with Crippen LogP contribution in [0.1, 0.15) is 52.4 Å². The third-order valence-corrected chi connectivity index (χ3v) is 8.80. The minimum atomic E-state index is -4.23. The van der Waals surface area contributed by atoms with Crippen LogP contribution in [-0.4, -0.2) is 67.2 Å². The number of carbonyl (C=O) groups is 2. The van der Waals surface area contributed by atoms with E-state index in [0.29, 0.717) is 32.6 Å². The summed E-state index contributed by atoms with van der Waals surface area (Å²) in [5, 5.41) is 11.0. The summed E-state index contributed by atoms with van der Waals surface area (Å²) < 4.78 is 28.6. The number of sulfonamides is 1. The third kappa shape index (κ3) is 6.50. The van der Waals surface area contributed by atoms with Crippen molar-refractivity contribution in [3.63, 3.8) is 0 Å². The first kappa shape index (κ1) is 27.3. The Hall–Kier alpha value is -2.24.